The van der Waals surface area contributed by atoms with Crippen LogP contribution in [0.15, 0.2) is 12.7 Å². The minimum absolute atomic E-state index is 0.0109. The summed E-state index contributed by atoms with van der Waals surface area (Å²) in [7, 11) is -3.51. The number of alkyl carbamates (subject to hydrolysis) is 1. The van der Waals surface area contributed by atoms with Gasteiger partial charge in [-0.3, -0.25) is 14.4 Å². The second-order valence-corrected chi connectivity index (χ2v) is 15.4. The van der Waals surface area contributed by atoms with Crippen molar-refractivity contribution in [2.24, 2.45) is 11.8 Å². The van der Waals surface area contributed by atoms with Crippen LogP contribution in [0.3, 0.4) is 0 Å². The molecule has 0 radical (unpaired) electrons. The van der Waals surface area contributed by atoms with E-state index in [1.54, 1.807) is 41.5 Å². The van der Waals surface area contributed by atoms with Crippen molar-refractivity contribution in [3.05, 3.63) is 12.7 Å². The molecule has 0 saturated heterocycles. The van der Waals surface area contributed by atoms with Crippen LogP contribution < -0.4 is 21.3 Å². The molecule has 0 spiro atoms. The van der Waals surface area contributed by atoms with Crippen molar-refractivity contribution in [2.75, 3.05) is 12.0 Å². The molecular weight excluding hydrogens is 592 g/mol. The standard InChI is InChI=1S/C30H54N4O9S/c1-9-12-20(24(36)17-19(4)26(37)31-21-13-10-11-14-23(21)35)32-27(38)22(15-16-44(8,41)42)33-28(39)25(18(2)3)34-29(40)43-30(5,6)7/h9,18-25,35-36H,1,10-17H2,2-8H3,(H,31,37)(H,32,38)(H,33,39)(H,34,40)/t19-,20+,21-,22+,23-,24+,25+/m1/s1. The predicted molar refractivity (Wildman–Crippen MR) is 167 cm³/mol. The van der Waals surface area contributed by atoms with Crippen molar-refractivity contribution in [2.45, 2.75) is 128 Å². The Morgan fingerprint density at radius 1 is 1.00 bits per heavy atom. The summed E-state index contributed by atoms with van der Waals surface area (Å²) in [6.45, 7) is 13.7. The van der Waals surface area contributed by atoms with E-state index in [-0.39, 0.29) is 31.2 Å². The van der Waals surface area contributed by atoms with Gasteiger partial charge >= 0.3 is 6.09 Å². The van der Waals surface area contributed by atoms with Gasteiger partial charge in [0.1, 0.15) is 27.5 Å². The van der Waals surface area contributed by atoms with Gasteiger partial charge in [0.25, 0.3) is 0 Å². The Balaban J connectivity index is 3.02. The molecule has 0 aromatic rings. The van der Waals surface area contributed by atoms with Crippen molar-refractivity contribution in [1.82, 2.24) is 21.3 Å². The molecule has 1 saturated carbocycles. The number of carbonyl (C=O) groups is 4. The SMILES string of the molecule is C=CC[C@H](NC(=O)[C@H](CCS(C)(=O)=O)NC(=O)[C@@H](NC(=O)OC(C)(C)C)C(C)C)[C@@H](O)C[C@@H](C)C(=O)N[C@@H]1CCCC[C@H]1O. The second kappa shape index (κ2) is 17.7. The van der Waals surface area contributed by atoms with E-state index in [1.165, 1.54) is 6.08 Å². The van der Waals surface area contributed by atoms with E-state index in [0.717, 1.165) is 19.1 Å². The number of carbonyl (C=O) groups excluding carboxylic acids is 4. The third-order valence-corrected chi connectivity index (χ3v) is 8.32. The third kappa shape index (κ3) is 14.8. The molecule has 44 heavy (non-hydrogen) atoms. The zero-order valence-electron chi connectivity index (χ0n) is 27.2. The van der Waals surface area contributed by atoms with Gasteiger partial charge in [0.2, 0.25) is 17.7 Å². The molecule has 7 atom stereocenters. The highest BCUT2D eigenvalue weighted by Gasteiger charge is 2.33. The number of hydrogen-bond donors (Lipinski definition) is 6. The first-order valence-electron chi connectivity index (χ1n) is 15.3. The average Bonchev–Trinajstić information content (AvgIpc) is 2.88. The first-order valence-corrected chi connectivity index (χ1v) is 17.4. The number of ether oxygens (including phenoxy) is 1. The summed E-state index contributed by atoms with van der Waals surface area (Å²) in [5.41, 5.74) is -0.809. The Bertz CT molecular complexity index is 1090. The summed E-state index contributed by atoms with van der Waals surface area (Å²) >= 11 is 0. The van der Waals surface area contributed by atoms with Gasteiger partial charge in [-0.1, -0.05) is 39.7 Å². The zero-order chi connectivity index (χ0) is 33.8. The fourth-order valence-electron chi connectivity index (χ4n) is 4.84. The van der Waals surface area contributed by atoms with Crippen LogP contribution in [0.4, 0.5) is 4.79 Å². The number of aliphatic hydroxyl groups excluding tert-OH is 2. The molecule has 0 aliphatic heterocycles. The molecule has 0 aromatic heterocycles. The highest BCUT2D eigenvalue weighted by Crippen LogP contribution is 2.20. The molecule has 4 amide bonds. The summed E-state index contributed by atoms with van der Waals surface area (Å²) in [5, 5.41) is 31.8. The normalized spacial score (nSPS) is 20.8. The van der Waals surface area contributed by atoms with E-state index >= 15 is 0 Å². The first kappa shape index (κ1) is 39.3. The Kier molecular flexibility index (Phi) is 15.8. The van der Waals surface area contributed by atoms with Gasteiger partial charge in [-0.2, -0.15) is 0 Å². The summed E-state index contributed by atoms with van der Waals surface area (Å²) in [4.78, 5) is 51.8. The molecule has 1 fully saturated rings. The van der Waals surface area contributed by atoms with Crippen molar-refractivity contribution < 1.29 is 42.5 Å². The summed E-state index contributed by atoms with van der Waals surface area (Å²) in [6.07, 6.45) is 2.81. The second-order valence-electron chi connectivity index (χ2n) is 13.2. The molecule has 14 heteroatoms. The van der Waals surface area contributed by atoms with E-state index < -0.39 is 81.3 Å². The van der Waals surface area contributed by atoms with E-state index in [9.17, 15) is 37.8 Å². The predicted octanol–water partition coefficient (Wildman–Crippen LogP) is 1.32. The van der Waals surface area contributed by atoms with Crippen LogP contribution in [0.5, 0.6) is 0 Å². The van der Waals surface area contributed by atoms with Crippen LogP contribution in [0.1, 0.15) is 86.5 Å². The molecule has 6 N–H and O–H groups in total. The van der Waals surface area contributed by atoms with Crippen molar-refractivity contribution in [1.29, 1.82) is 0 Å². The van der Waals surface area contributed by atoms with E-state index in [2.05, 4.69) is 27.8 Å². The Labute approximate surface area is 262 Å². The van der Waals surface area contributed by atoms with Crippen LogP contribution in [0.2, 0.25) is 0 Å². The van der Waals surface area contributed by atoms with Gasteiger partial charge in [0.15, 0.2) is 0 Å². The summed E-state index contributed by atoms with van der Waals surface area (Å²) in [6, 6.07) is -3.64. The van der Waals surface area contributed by atoms with Crippen LogP contribution in [0.25, 0.3) is 0 Å². The van der Waals surface area contributed by atoms with Crippen LogP contribution >= 0.6 is 0 Å². The van der Waals surface area contributed by atoms with Crippen LogP contribution in [-0.2, 0) is 29.0 Å². The summed E-state index contributed by atoms with van der Waals surface area (Å²) in [5.74, 6) is -3.23. The Morgan fingerprint density at radius 2 is 1.61 bits per heavy atom. The molecule has 254 valence electrons. The van der Waals surface area contributed by atoms with Crippen molar-refractivity contribution in [3.8, 4) is 0 Å². The van der Waals surface area contributed by atoms with Crippen molar-refractivity contribution in [3.63, 3.8) is 0 Å². The van der Waals surface area contributed by atoms with Gasteiger partial charge in [-0.25, -0.2) is 13.2 Å². The van der Waals surface area contributed by atoms with E-state index in [0.29, 0.717) is 12.8 Å². The molecular formula is C30H54N4O9S. The largest absolute Gasteiger partial charge is 0.444 e. The van der Waals surface area contributed by atoms with Gasteiger partial charge in [0.05, 0.1) is 30.0 Å². The van der Waals surface area contributed by atoms with Gasteiger partial charge in [-0.15, -0.1) is 6.58 Å². The lowest BCUT2D eigenvalue weighted by Gasteiger charge is -2.31. The highest BCUT2D eigenvalue weighted by molar-refractivity contribution is 7.90. The molecule has 1 rings (SSSR count). The fraction of sp³-hybridized carbons (Fsp3) is 0.800. The van der Waals surface area contributed by atoms with Crippen LogP contribution in [-0.4, -0.2) is 96.4 Å². The molecule has 0 aromatic carbocycles. The number of sulfone groups is 1. The third-order valence-electron chi connectivity index (χ3n) is 7.34. The molecule has 0 unspecified atom stereocenters. The van der Waals surface area contributed by atoms with Crippen molar-refractivity contribution >= 4 is 33.7 Å². The minimum Gasteiger partial charge on any atom is -0.444 e. The smallest absolute Gasteiger partial charge is 0.408 e. The quantitative estimate of drug-likeness (QED) is 0.134. The first-order chi connectivity index (χ1) is 20.2. The zero-order valence-corrected chi connectivity index (χ0v) is 28.0. The maximum atomic E-state index is 13.4. The number of hydrogen-bond acceptors (Lipinski definition) is 9. The van der Waals surface area contributed by atoms with E-state index in [1.807, 2.05) is 0 Å². The minimum atomic E-state index is -3.51. The maximum Gasteiger partial charge on any atom is 0.408 e. The fourth-order valence-corrected chi connectivity index (χ4v) is 5.51. The van der Waals surface area contributed by atoms with Gasteiger partial charge in [-0.05, 0) is 58.8 Å². The van der Waals surface area contributed by atoms with Gasteiger partial charge < -0.3 is 36.2 Å². The number of rotatable bonds is 16. The number of amides is 4. The molecule has 13 nitrogen and oxygen atoms in total. The molecule has 1 aliphatic rings. The average molecular weight is 647 g/mol. The van der Waals surface area contributed by atoms with E-state index in [4.69, 9.17) is 4.74 Å². The number of nitrogens with one attached hydrogen (secondary N) is 4. The lowest BCUT2D eigenvalue weighted by molar-refractivity contribution is -0.131. The lowest BCUT2D eigenvalue weighted by Crippen LogP contribution is -2.58. The monoisotopic (exact) mass is 646 g/mol. The highest BCUT2D eigenvalue weighted by atomic mass is 32.2. The Morgan fingerprint density at radius 3 is 2.14 bits per heavy atom. The topological polar surface area (TPSA) is 200 Å². The van der Waals surface area contributed by atoms with Crippen LogP contribution in [0, 0.1) is 11.8 Å². The maximum absolute atomic E-state index is 13.4. The van der Waals surface area contributed by atoms with Gasteiger partial charge in [0, 0.05) is 12.2 Å². The molecule has 0 bridgehead atoms. The molecule has 1 aliphatic carbocycles. The Hall–Kier alpha value is -2.71. The molecule has 0 heterocycles. The summed E-state index contributed by atoms with van der Waals surface area (Å²) < 4.78 is 29.1. The number of aliphatic hydroxyl groups is 2. The lowest BCUT2D eigenvalue weighted by atomic mass is 9.91.